The second-order valence-electron chi connectivity index (χ2n) is 5.60. The van der Waals surface area contributed by atoms with Gasteiger partial charge < -0.3 is 5.32 Å². The molecule has 0 unspecified atom stereocenters. The Bertz CT molecular complexity index is 858. The molecule has 2 aromatic rings. The topological polar surface area (TPSA) is 66.5 Å². The highest BCUT2D eigenvalue weighted by Gasteiger charge is 2.29. The molecule has 2 rings (SSSR count). The summed E-state index contributed by atoms with van der Waals surface area (Å²) < 4.78 is 27.2. The largest absolute Gasteiger partial charge is 0.355 e. The van der Waals surface area contributed by atoms with Gasteiger partial charge >= 0.3 is 0 Å². The zero-order valence-corrected chi connectivity index (χ0v) is 16.6. The van der Waals surface area contributed by atoms with Gasteiger partial charge in [-0.25, -0.2) is 8.42 Å². The van der Waals surface area contributed by atoms with Gasteiger partial charge in [0.2, 0.25) is 5.91 Å². The Hall–Kier alpha value is -1.76. The van der Waals surface area contributed by atoms with Gasteiger partial charge in [0, 0.05) is 6.54 Å². The Morgan fingerprint density at radius 2 is 1.77 bits per heavy atom. The van der Waals surface area contributed by atoms with Crippen molar-refractivity contribution in [2.75, 3.05) is 17.4 Å². The number of unbranched alkanes of at least 4 members (excludes halogenated alkanes) is 1. The first-order chi connectivity index (χ1) is 12.4. The number of nitrogens with one attached hydrogen (secondary N) is 1. The number of amides is 1. The van der Waals surface area contributed by atoms with Gasteiger partial charge in [0.25, 0.3) is 10.0 Å². The molecule has 0 bridgehead atoms. The monoisotopic (exact) mass is 414 g/mol. The first-order valence-electron chi connectivity index (χ1n) is 8.16. The van der Waals surface area contributed by atoms with Crippen LogP contribution in [0.4, 0.5) is 5.69 Å². The van der Waals surface area contributed by atoms with Crippen LogP contribution in [0.25, 0.3) is 0 Å². The Labute approximate surface area is 164 Å². The summed E-state index contributed by atoms with van der Waals surface area (Å²) in [7, 11) is -3.99. The van der Waals surface area contributed by atoms with Crippen LogP contribution >= 0.6 is 23.2 Å². The van der Waals surface area contributed by atoms with Gasteiger partial charge in [-0.2, -0.15) is 0 Å². The number of halogens is 2. The van der Waals surface area contributed by atoms with Gasteiger partial charge in [-0.05, 0) is 30.7 Å². The fourth-order valence-corrected chi connectivity index (χ4v) is 4.20. The number of sulfonamides is 1. The average Bonchev–Trinajstić information content (AvgIpc) is 2.63. The Balaban J connectivity index is 2.42. The minimum absolute atomic E-state index is 0.0670. The smallest absolute Gasteiger partial charge is 0.264 e. The lowest BCUT2D eigenvalue weighted by Crippen LogP contribution is -2.41. The highest BCUT2D eigenvalue weighted by atomic mass is 35.5. The molecule has 0 aliphatic rings. The van der Waals surface area contributed by atoms with E-state index in [4.69, 9.17) is 23.2 Å². The first-order valence-corrected chi connectivity index (χ1v) is 10.4. The van der Waals surface area contributed by atoms with Crippen molar-refractivity contribution in [2.24, 2.45) is 0 Å². The number of anilines is 1. The van der Waals surface area contributed by atoms with Crippen molar-refractivity contribution < 1.29 is 13.2 Å². The molecule has 140 valence electrons. The Morgan fingerprint density at radius 3 is 2.42 bits per heavy atom. The fraction of sp³-hybridized carbons (Fsp3) is 0.278. The molecule has 8 heteroatoms. The van der Waals surface area contributed by atoms with Crippen molar-refractivity contribution in [3.8, 4) is 0 Å². The Morgan fingerprint density at radius 1 is 1.08 bits per heavy atom. The van der Waals surface area contributed by atoms with E-state index in [1.807, 2.05) is 6.92 Å². The van der Waals surface area contributed by atoms with Crippen LogP contribution in [0, 0.1) is 0 Å². The maximum atomic E-state index is 13.1. The highest BCUT2D eigenvalue weighted by molar-refractivity contribution is 7.92. The van der Waals surface area contributed by atoms with Crippen LogP contribution in [0.5, 0.6) is 0 Å². The van der Waals surface area contributed by atoms with Crippen molar-refractivity contribution in [2.45, 2.75) is 24.7 Å². The van der Waals surface area contributed by atoms with Crippen molar-refractivity contribution in [1.29, 1.82) is 0 Å². The van der Waals surface area contributed by atoms with Gasteiger partial charge in [0.05, 0.1) is 20.6 Å². The molecule has 0 radical (unpaired) electrons. The molecule has 1 N–H and O–H groups in total. The summed E-state index contributed by atoms with van der Waals surface area (Å²) in [5, 5.41) is 3.01. The fourth-order valence-electron chi connectivity index (χ4n) is 2.30. The van der Waals surface area contributed by atoms with Crippen molar-refractivity contribution in [3.63, 3.8) is 0 Å². The van der Waals surface area contributed by atoms with Gasteiger partial charge in [-0.1, -0.05) is 60.8 Å². The van der Waals surface area contributed by atoms with Crippen LogP contribution in [-0.4, -0.2) is 27.4 Å². The third-order valence-electron chi connectivity index (χ3n) is 3.67. The van der Waals surface area contributed by atoms with Crippen LogP contribution in [-0.2, 0) is 14.8 Å². The molecular formula is C18H20Cl2N2O3S. The quantitative estimate of drug-likeness (QED) is 0.660. The van der Waals surface area contributed by atoms with Crippen LogP contribution in [0.2, 0.25) is 10.0 Å². The lowest BCUT2D eigenvalue weighted by molar-refractivity contribution is -0.119. The summed E-state index contributed by atoms with van der Waals surface area (Å²) in [5.41, 5.74) is 0.161. The zero-order chi connectivity index (χ0) is 19.2. The second kappa shape index (κ2) is 9.26. The normalized spacial score (nSPS) is 11.2. The predicted octanol–water partition coefficient (Wildman–Crippen LogP) is 4.11. The van der Waals surface area contributed by atoms with Gasteiger partial charge in [-0.3, -0.25) is 9.10 Å². The molecule has 0 saturated carbocycles. The number of hydrogen-bond acceptors (Lipinski definition) is 3. The summed E-state index contributed by atoms with van der Waals surface area (Å²) in [6, 6.07) is 12.6. The van der Waals surface area contributed by atoms with Crippen LogP contribution in [0.15, 0.2) is 53.4 Å². The molecule has 2 aromatic carbocycles. The van der Waals surface area contributed by atoms with Crippen molar-refractivity contribution in [3.05, 3.63) is 58.6 Å². The van der Waals surface area contributed by atoms with E-state index in [1.54, 1.807) is 30.3 Å². The number of rotatable bonds is 8. The molecule has 0 saturated heterocycles. The van der Waals surface area contributed by atoms with E-state index in [2.05, 4.69) is 5.32 Å². The molecule has 0 spiro atoms. The lowest BCUT2D eigenvalue weighted by atomic mass is 10.3. The SMILES string of the molecule is CCCCNC(=O)CN(c1cccc(Cl)c1Cl)S(=O)(=O)c1ccccc1. The van der Waals surface area contributed by atoms with Gasteiger partial charge in [0.1, 0.15) is 6.54 Å². The van der Waals surface area contributed by atoms with Crippen LogP contribution in [0.1, 0.15) is 19.8 Å². The Kier molecular flexibility index (Phi) is 7.32. The number of carbonyl (C=O) groups excluding carboxylic acids is 1. The second-order valence-corrected chi connectivity index (χ2v) is 8.25. The summed E-state index contributed by atoms with van der Waals surface area (Å²) in [4.78, 5) is 12.3. The summed E-state index contributed by atoms with van der Waals surface area (Å²) in [5.74, 6) is -0.408. The van der Waals surface area contributed by atoms with E-state index in [0.717, 1.165) is 17.1 Å². The van der Waals surface area contributed by atoms with E-state index in [1.165, 1.54) is 18.2 Å². The molecule has 5 nitrogen and oxygen atoms in total. The van der Waals surface area contributed by atoms with E-state index >= 15 is 0 Å². The lowest BCUT2D eigenvalue weighted by Gasteiger charge is -2.25. The van der Waals surface area contributed by atoms with Crippen molar-refractivity contribution in [1.82, 2.24) is 5.32 Å². The van der Waals surface area contributed by atoms with E-state index in [0.29, 0.717) is 6.54 Å². The molecule has 0 aromatic heterocycles. The van der Waals surface area contributed by atoms with Crippen LogP contribution in [0.3, 0.4) is 0 Å². The molecule has 0 atom stereocenters. The average molecular weight is 415 g/mol. The summed E-state index contributed by atoms with van der Waals surface area (Å²) in [6.07, 6.45) is 1.74. The van der Waals surface area contributed by atoms with E-state index in [9.17, 15) is 13.2 Å². The van der Waals surface area contributed by atoms with Gasteiger partial charge in [-0.15, -0.1) is 0 Å². The third-order valence-corrected chi connectivity index (χ3v) is 6.25. The number of hydrogen-bond donors (Lipinski definition) is 1. The van der Waals surface area contributed by atoms with E-state index < -0.39 is 15.9 Å². The highest BCUT2D eigenvalue weighted by Crippen LogP contribution is 2.35. The predicted molar refractivity (Wildman–Crippen MR) is 105 cm³/mol. The maximum Gasteiger partial charge on any atom is 0.264 e. The first kappa shape index (κ1) is 20.6. The zero-order valence-electron chi connectivity index (χ0n) is 14.3. The van der Waals surface area contributed by atoms with Gasteiger partial charge in [0.15, 0.2) is 0 Å². The standard InChI is InChI=1S/C18H20Cl2N2O3S/c1-2-3-12-21-17(23)13-22(16-11-7-10-15(19)18(16)20)26(24,25)14-8-5-4-6-9-14/h4-11H,2-3,12-13H2,1H3,(H,21,23). The van der Waals surface area contributed by atoms with Crippen LogP contribution < -0.4 is 9.62 Å². The molecule has 1 amide bonds. The molecule has 0 heterocycles. The molecule has 0 aliphatic heterocycles. The minimum Gasteiger partial charge on any atom is -0.355 e. The third kappa shape index (κ3) is 4.90. The summed E-state index contributed by atoms with van der Waals surface area (Å²) in [6.45, 7) is 2.10. The maximum absolute atomic E-state index is 13.1. The molecule has 0 fully saturated rings. The number of benzene rings is 2. The molecule has 0 aliphatic carbocycles. The number of nitrogens with zero attached hydrogens (tertiary/aromatic N) is 1. The summed E-state index contributed by atoms with van der Waals surface area (Å²) >= 11 is 12.3. The van der Waals surface area contributed by atoms with E-state index in [-0.39, 0.29) is 27.2 Å². The van der Waals surface area contributed by atoms with Crippen molar-refractivity contribution >= 4 is 44.8 Å². The molecular weight excluding hydrogens is 395 g/mol. The number of carbonyl (C=O) groups is 1. The molecule has 26 heavy (non-hydrogen) atoms. The minimum atomic E-state index is -3.99.